The van der Waals surface area contributed by atoms with Gasteiger partial charge in [-0.15, -0.1) is 0 Å². The van der Waals surface area contributed by atoms with Gasteiger partial charge < -0.3 is 10.6 Å². The number of benzene rings is 1. The summed E-state index contributed by atoms with van der Waals surface area (Å²) in [5.74, 6) is 2.58. The first-order valence-corrected chi connectivity index (χ1v) is 8.68. The van der Waals surface area contributed by atoms with Crippen LogP contribution < -0.4 is 10.6 Å². The number of aromatic nitrogens is 2. The molecular formula is C19H26N4. The van der Waals surface area contributed by atoms with Crippen molar-refractivity contribution in [1.29, 1.82) is 0 Å². The Morgan fingerprint density at radius 2 is 1.65 bits per heavy atom. The van der Waals surface area contributed by atoms with E-state index in [-0.39, 0.29) is 0 Å². The summed E-state index contributed by atoms with van der Waals surface area (Å²) in [7, 11) is 0. The average molecular weight is 310 g/mol. The van der Waals surface area contributed by atoms with Crippen molar-refractivity contribution >= 4 is 11.6 Å². The molecule has 0 saturated heterocycles. The van der Waals surface area contributed by atoms with E-state index in [1.165, 1.54) is 32.1 Å². The molecular weight excluding hydrogens is 284 g/mol. The van der Waals surface area contributed by atoms with Crippen LogP contribution in [0, 0.1) is 0 Å². The van der Waals surface area contributed by atoms with E-state index < -0.39 is 0 Å². The summed E-state index contributed by atoms with van der Waals surface area (Å²) in [6, 6.07) is 13.1. The molecule has 0 atom stereocenters. The summed E-state index contributed by atoms with van der Waals surface area (Å²) in [5, 5.41) is 7.01. The third-order valence-electron chi connectivity index (χ3n) is 4.15. The van der Waals surface area contributed by atoms with Crippen molar-refractivity contribution in [2.75, 3.05) is 10.6 Å². The van der Waals surface area contributed by atoms with E-state index in [0.717, 1.165) is 23.0 Å². The molecule has 4 nitrogen and oxygen atoms in total. The molecule has 1 saturated carbocycles. The van der Waals surface area contributed by atoms with Crippen LogP contribution in [-0.2, 0) is 0 Å². The maximum absolute atomic E-state index is 4.74. The zero-order valence-electron chi connectivity index (χ0n) is 14.0. The first kappa shape index (κ1) is 15.8. The lowest BCUT2D eigenvalue weighted by Gasteiger charge is -2.24. The van der Waals surface area contributed by atoms with E-state index in [1.807, 2.05) is 24.3 Å². The fraction of sp³-hybridized carbons (Fsp3) is 0.474. The summed E-state index contributed by atoms with van der Waals surface area (Å²) in [5.41, 5.74) is 1.05. The molecule has 4 heteroatoms. The molecule has 0 unspecified atom stereocenters. The van der Waals surface area contributed by atoms with Crippen molar-refractivity contribution in [2.45, 2.75) is 58.0 Å². The van der Waals surface area contributed by atoms with E-state index >= 15 is 0 Å². The number of nitrogens with one attached hydrogen (secondary N) is 2. The third-order valence-corrected chi connectivity index (χ3v) is 4.15. The highest BCUT2D eigenvalue weighted by atomic mass is 15.1. The Morgan fingerprint density at radius 3 is 2.35 bits per heavy atom. The van der Waals surface area contributed by atoms with E-state index in [2.05, 4.69) is 41.6 Å². The normalized spacial score (nSPS) is 15.6. The lowest BCUT2D eigenvalue weighted by atomic mass is 9.95. The number of anilines is 2. The molecule has 3 rings (SSSR count). The summed E-state index contributed by atoms with van der Waals surface area (Å²) in [4.78, 5) is 9.42. The maximum atomic E-state index is 4.74. The van der Waals surface area contributed by atoms with E-state index in [1.54, 1.807) is 0 Å². The third kappa shape index (κ3) is 4.44. The van der Waals surface area contributed by atoms with Crippen LogP contribution in [0.2, 0.25) is 0 Å². The maximum Gasteiger partial charge on any atom is 0.163 e. The van der Waals surface area contributed by atoms with Crippen LogP contribution in [0.15, 0.2) is 36.4 Å². The Hall–Kier alpha value is -2.10. The molecule has 23 heavy (non-hydrogen) atoms. The highest BCUT2D eigenvalue weighted by molar-refractivity contribution is 5.61. The predicted molar refractivity (Wildman–Crippen MR) is 96.7 cm³/mol. The molecule has 1 aromatic carbocycles. The lowest BCUT2D eigenvalue weighted by Crippen LogP contribution is -2.23. The molecule has 2 aromatic rings. The predicted octanol–water partition coefficient (Wildman–Crippen LogP) is 4.71. The van der Waals surface area contributed by atoms with Crippen LogP contribution >= 0.6 is 0 Å². The number of nitrogens with zero attached hydrogens (tertiary/aromatic N) is 2. The van der Waals surface area contributed by atoms with Crippen molar-refractivity contribution in [1.82, 2.24) is 9.97 Å². The van der Waals surface area contributed by atoms with Gasteiger partial charge in [0.1, 0.15) is 11.6 Å². The molecule has 0 bridgehead atoms. The minimum atomic E-state index is 0.344. The summed E-state index contributed by atoms with van der Waals surface area (Å²) in [6.45, 7) is 4.25. The Kier molecular flexibility index (Phi) is 5.11. The van der Waals surface area contributed by atoms with Gasteiger partial charge in [-0.2, -0.15) is 0 Å². The SMILES string of the molecule is CC(C)Nc1cc(NC2CCCCC2)nc(-c2ccccc2)n1. The fourth-order valence-corrected chi connectivity index (χ4v) is 3.06. The zero-order chi connectivity index (χ0) is 16.1. The fourth-order valence-electron chi connectivity index (χ4n) is 3.06. The van der Waals surface area contributed by atoms with Crippen LogP contribution in [0.3, 0.4) is 0 Å². The van der Waals surface area contributed by atoms with Crippen molar-refractivity contribution in [3.05, 3.63) is 36.4 Å². The van der Waals surface area contributed by atoms with Gasteiger partial charge in [0.2, 0.25) is 0 Å². The molecule has 1 aromatic heterocycles. The van der Waals surface area contributed by atoms with Crippen LogP contribution in [0.4, 0.5) is 11.6 Å². The lowest BCUT2D eigenvalue weighted by molar-refractivity contribution is 0.462. The Labute approximate surface area is 138 Å². The van der Waals surface area contributed by atoms with Crippen LogP contribution in [0.5, 0.6) is 0 Å². The molecule has 1 aliphatic carbocycles. The summed E-state index contributed by atoms with van der Waals surface area (Å²) >= 11 is 0. The molecule has 0 spiro atoms. The van der Waals surface area contributed by atoms with Gasteiger partial charge in [0.15, 0.2) is 5.82 Å². The van der Waals surface area contributed by atoms with Gasteiger partial charge >= 0.3 is 0 Å². The first-order valence-electron chi connectivity index (χ1n) is 8.68. The monoisotopic (exact) mass is 310 g/mol. The zero-order valence-corrected chi connectivity index (χ0v) is 14.0. The van der Waals surface area contributed by atoms with Crippen molar-refractivity contribution in [3.63, 3.8) is 0 Å². The van der Waals surface area contributed by atoms with E-state index in [0.29, 0.717) is 12.1 Å². The quantitative estimate of drug-likeness (QED) is 0.840. The molecule has 122 valence electrons. The average Bonchev–Trinajstić information content (AvgIpc) is 2.56. The molecule has 2 N–H and O–H groups in total. The molecule has 1 fully saturated rings. The van der Waals surface area contributed by atoms with Gasteiger partial charge in [0.05, 0.1) is 0 Å². The molecule has 0 amide bonds. The van der Waals surface area contributed by atoms with Gasteiger partial charge in [-0.1, -0.05) is 49.6 Å². The van der Waals surface area contributed by atoms with Crippen molar-refractivity contribution < 1.29 is 0 Å². The van der Waals surface area contributed by atoms with Gasteiger partial charge in [-0.05, 0) is 26.7 Å². The second-order valence-corrected chi connectivity index (χ2v) is 6.61. The molecule has 1 aliphatic rings. The molecule has 1 heterocycles. The highest BCUT2D eigenvalue weighted by Crippen LogP contribution is 2.24. The van der Waals surface area contributed by atoms with Gasteiger partial charge in [-0.25, -0.2) is 9.97 Å². The standard InChI is InChI=1S/C19H26N4/c1-14(2)20-17-13-18(21-16-11-7-4-8-12-16)23-19(22-17)15-9-5-3-6-10-15/h3,5-6,9-10,13-14,16H,4,7-8,11-12H2,1-2H3,(H2,20,21,22,23). The summed E-state index contributed by atoms with van der Waals surface area (Å²) in [6.07, 6.45) is 6.45. The van der Waals surface area contributed by atoms with E-state index in [4.69, 9.17) is 4.98 Å². The van der Waals surface area contributed by atoms with E-state index in [9.17, 15) is 0 Å². The minimum Gasteiger partial charge on any atom is -0.368 e. The second kappa shape index (κ2) is 7.44. The van der Waals surface area contributed by atoms with Gasteiger partial charge in [0, 0.05) is 23.7 Å². The number of hydrogen-bond acceptors (Lipinski definition) is 4. The Balaban J connectivity index is 1.87. The van der Waals surface area contributed by atoms with Crippen LogP contribution in [0.25, 0.3) is 11.4 Å². The Morgan fingerprint density at radius 1 is 0.957 bits per heavy atom. The topological polar surface area (TPSA) is 49.8 Å². The van der Waals surface area contributed by atoms with Gasteiger partial charge in [0.25, 0.3) is 0 Å². The molecule has 0 radical (unpaired) electrons. The van der Waals surface area contributed by atoms with Crippen molar-refractivity contribution in [2.24, 2.45) is 0 Å². The molecule has 0 aliphatic heterocycles. The highest BCUT2D eigenvalue weighted by Gasteiger charge is 2.15. The van der Waals surface area contributed by atoms with Crippen LogP contribution in [-0.4, -0.2) is 22.1 Å². The first-order chi connectivity index (χ1) is 11.2. The largest absolute Gasteiger partial charge is 0.368 e. The Bertz CT molecular complexity index is 619. The second-order valence-electron chi connectivity index (χ2n) is 6.61. The van der Waals surface area contributed by atoms with Gasteiger partial charge in [-0.3, -0.25) is 0 Å². The number of rotatable bonds is 5. The minimum absolute atomic E-state index is 0.344. The van der Waals surface area contributed by atoms with Crippen molar-refractivity contribution in [3.8, 4) is 11.4 Å². The smallest absolute Gasteiger partial charge is 0.163 e. The summed E-state index contributed by atoms with van der Waals surface area (Å²) < 4.78 is 0. The van der Waals surface area contributed by atoms with Crippen LogP contribution in [0.1, 0.15) is 46.0 Å². The number of hydrogen-bond donors (Lipinski definition) is 2.